The molecule has 1 aliphatic rings. The summed E-state index contributed by atoms with van der Waals surface area (Å²) in [4.78, 5) is 26.6. The summed E-state index contributed by atoms with van der Waals surface area (Å²) in [5, 5.41) is 8.60. The number of carbonyl (C=O) groups is 1. The second kappa shape index (κ2) is 7.55. The highest BCUT2D eigenvalue weighted by atomic mass is 19.4. The molecule has 1 atom stereocenters. The van der Waals surface area contributed by atoms with Crippen molar-refractivity contribution in [2.75, 3.05) is 6.54 Å². The maximum absolute atomic E-state index is 13.6. The van der Waals surface area contributed by atoms with Crippen LogP contribution < -0.4 is 0 Å². The lowest BCUT2D eigenvalue weighted by atomic mass is 9.99. The van der Waals surface area contributed by atoms with E-state index in [-0.39, 0.29) is 29.4 Å². The Balaban J connectivity index is 1.42. The number of pyridine rings is 1. The second-order valence-corrected chi connectivity index (χ2v) is 8.14. The topological polar surface area (TPSA) is 110 Å². The van der Waals surface area contributed by atoms with Crippen molar-refractivity contribution in [3.8, 4) is 11.6 Å². The van der Waals surface area contributed by atoms with Gasteiger partial charge in [0.2, 0.25) is 11.7 Å². The highest BCUT2D eigenvalue weighted by molar-refractivity contribution is 5.92. The third-order valence-corrected chi connectivity index (χ3v) is 5.94. The predicted octanol–water partition coefficient (Wildman–Crippen LogP) is 3.25. The summed E-state index contributed by atoms with van der Waals surface area (Å²) in [5.41, 5.74) is 1.11. The zero-order valence-electron chi connectivity index (χ0n) is 18.2. The lowest BCUT2D eigenvalue weighted by Gasteiger charge is -2.33. The summed E-state index contributed by atoms with van der Waals surface area (Å²) in [6, 6.07) is 4.51. The van der Waals surface area contributed by atoms with Gasteiger partial charge in [0, 0.05) is 38.1 Å². The highest BCUT2D eigenvalue weighted by Gasteiger charge is 2.39. The number of nitrogens with zero attached hydrogens (tertiary/aromatic N) is 7. The van der Waals surface area contributed by atoms with Crippen LogP contribution in [0.1, 0.15) is 39.2 Å². The van der Waals surface area contributed by atoms with Crippen LogP contribution in [0.3, 0.4) is 0 Å². The molecule has 5 aromatic heterocycles. The van der Waals surface area contributed by atoms with Crippen LogP contribution >= 0.6 is 0 Å². The lowest BCUT2D eigenvalue weighted by molar-refractivity contribution is -0.136. The van der Waals surface area contributed by atoms with Gasteiger partial charge < -0.3 is 14.3 Å². The van der Waals surface area contributed by atoms with E-state index in [0.29, 0.717) is 17.8 Å². The lowest BCUT2D eigenvalue weighted by Crippen LogP contribution is -2.40. The summed E-state index contributed by atoms with van der Waals surface area (Å²) in [6.45, 7) is 0.276. The summed E-state index contributed by atoms with van der Waals surface area (Å²) >= 11 is 0. The number of amides is 1. The molecule has 1 N–H and O–H groups in total. The molecule has 5 aromatic rings. The molecule has 178 valence electrons. The first kappa shape index (κ1) is 21.1. The summed E-state index contributed by atoms with van der Waals surface area (Å²) in [5.74, 6) is -0.314. The Morgan fingerprint density at radius 2 is 2.06 bits per heavy atom. The van der Waals surface area contributed by atoms with Gasteiger partial charge in [-0.1, -0.05) is 0 Å². The minimum atomic E-state index is -4.55. The van der Waals surface area contributed by atoms with Crippen LogP contribution in [0.15, 0.2) is 53.6 Å². The molecule has 0 saturated carbocycles. The first-order valence-corrected chi connectivity index (χ1v) is 10.6. The average Bonchev–Trinajstić information content (AvgIpc) is 3.62. The number of H-pyrrole nitrogens is 1. The van der Waals surface area contributed by atoms with Crippen LogP contribution in [0, 0.1) is 0 Å². The number of aryl methyl sites for hydroxylation is 1. The number of halogens is 3. The van der Waals surface area contributed by atoms with Gasteiger partial charge in [-0.25, -0.2) is 14.5 Å². The van der Waals surface area contributed by atoms with Crippen LogP contribution in [0.4, 0.5) is 13.2 Å². The van der Waals surface area contributed by atoms with Crippen LogP contribution in [-0.2, 0) is 19.6 Å². The van der Waals surface area contributed by atoms with Crippen molar-refractivity contribution < 1.29 is 22.4 Å². The number of imidazole rings is 1. The van der Waals surface area contributed by atoms with Gasteiger partial charge in [0.05, 0.1) is 35.0 Å². The molecule has 6 heterocycles. The third-order valence-electron chi connectivity index (χ3n) is 5.94. The van der Waals surface area contributed by atoms with Gasteiger partial charge in [0.25, 0.3) is 5.91 Å². The number of aromatic amines is 1. The molecule has 0 radical (unpaired) electrons. The molecule has 1 aliphatic heterocycles. The minimum Gasteiger partial charge on any atom is -0.429 e. The predicted molar refractivity (Wildman–Crippen MR) is 114 cm³/mol. The van der Waals surface area contributed by atoms with Crippen LogP contribution in [-0.4, -0.2) is 51.7 Å². The Kier molecular flexibility index (Phi) is 4.56. The minimum absolute atomic E-state index is 0.0191. The van der Waals surface area contributed by atoms with E-state index in [9.17, 15) is 18.0 Å². The van der Waals surface area contributed by atoms with E-state index in [0.717, 1.165) is 16.3 Å². The van der Waals surface area contributed by atoms with Gasteiger partial charge in [-0.15, -0.1) is 0 Å². The van der Waals surface area contributed by atoms with Crippen LogP contribution in [0.25, 0.3) is 17.1 Å². The number of nitrogens with one attached hydrogen (secondary N) is 1. The first-order chi connectivity index (χ1) is 16.8. The van der Waals surface area contributed by atoms with Gasteiger partial charge in [-0.2, -0.15) is 23.4 Å². The largest absolute Gasteiger partial charge is 0.429 e. The van der Waals surface area contributed by atoms with Crippen LogP contribution in [0.2, 0.25) is 0 Å². The second-order valence-electron chi connectivity index (χ2n) is 8.14. The molecular weight excluding hydrogens is 465 g/mol. The fourth-order valence-electron chi connectivity index (χ4n) is 4.36. The number of carbonyl (C=O) groups excluding carboxylic acids is 1. The Hall–Kier alpha value is -4.42. The fourth-order valence-corrected chi connectivity index (χ4v) is 4.36. The monoisotopic (exact) mass is 482 g/mol. The van der Waals surface area contributed by atoms with Crippen molar-refractivity contribution in [3.05, 3.63) is 77.6 Å². The highest BCUT2D eigenvalue weighted by Crippen LogP contribution is 2.37. The quantitative estimate of drug-likeness (QED) is 0.423. The fraction of sp³-hybridized carbons (Fsp3) is 0.227. The van der Waals surface area contributed by atoms with E-state index < -0.39 is 23.7 Å². The van der Waals surface area contributed by atoms with Crippen molar-refractivity contribution in [1.82, 2.24) is 39.2 Å². The van der Waals surface area contributed by atoms with E-state index in [4.69, 9.17) is 4.42 Å². The molecular formula is C22H17F3N8O2. The van der Waals surface area contributed by atoms with E-state index >= 15 is 0 Å². The molecule has 0 fully saturated rings. The third kappa shape index (κ3) is 3.47. The number of oxazole rings is 1. The maximum Gasteiger partial charge on any atom is 0.418 e. The molecule has 0 spiro atoms. The van der Waals surface area contributed by atoms with E-state index in [1.54, 1.807) is 24.0 Å². The van der Waals surface area contributed by atoms with Gasteiger partial charge >= 0.3 is 6.18 Å². The summed E-state index contributed by atoms with van der Waals surface area (Å²) in [6.07, 6.45) is 1.90. The van der Waals surface area contributed by atoms with E-state index in [2.05, 4.69) is 25.1 Å². The molecule has 0 unspecified atom stereocenters. The number of fused-ring (bicyclic) bond motifs is 2. The molecule has 0 saturated heterocycles. The number of rotatable bonds is 3. The van der Waals surface area contributed by atoms with Crippen LogP contribution in [0.5, 0.6) is 0 Å². The number of hydrogen-bond donors (Lipinski definition) is 1. The van der Waals surface area contributed by atoms with Gasteiger partial charge in [-0.3, -0.25) is 9.48 Å². The van der Waals surface area contributed by atoms with E-state index in [1.165, 1.54) is 35.8 Å². The van der Waals surface area contributed by atoms with Gasteiger partial charge in [-0.05, 0) is 24.3 Å². The Bertz CT molecular complexity index is 1560. The Morgan fingerprint density at radius 1 is 1.20 bits per heavy atom. The molecule has 10 nitrogen and oxygen atoms in total. The summed E-state index contributed by atoms with van der Waals surface area (Å²) < 4.78 is 49.2. The maximum atomic E-state index is 13.6. The Labute approximate surface area is 195 Å². The molecule has 1 amide bonds. The molecule has 35 heavy (non-hydrogen) atoms. The number of alkyl halides is 3. The summed E-state index contributed by atoms with van der Waals surface area (Å²) in [7, 11) is 1.75. The molecule has 6 rings (SSSR count). The van der Waals surface area contributed by atoms with Crippen molar-refractivity contribution in [2.24, 2.45) is 7.05 Å². The van der Waals surface area contributed by atoms with E-state index in [1.807, 2.05) is 0 Å². The van der Waals surface area contributed by atoms with Gasteiger partial charge in [0.1, 0.15) is 11.7 Å². The smallest absolute Gasteiger partial charge is 0.418 e. The molecule has 0 bridgehead atoms. The van der Waals surface area contributed by atoms with Crippen molar-refractivity contribution >= 4 is 11.4 Å². The Morgan fingerprint density at radius 3 is 2.83 bits per heavy atom. The molecule has 0 aliphatic carbocycles. The van der Waals surface area contributed by atoms with Crippen molar-refractivity contribution in [2.45, 2.75) is 18.6 Å². The number of aromatic nitrogens is 7. The van der Waals surface area contributed by atoms with Gasteiger partial charge in [0.15, 0.2) is 0 Å². The van der Waals surface area contributed by atoms with Crippen molar-refractivity contribution in [3.63, 3.8) is 0 Å². The van der Waals surface area contributed by atoms with Crippen molar-refractivity contribution in [1.29, 1.82) is 0 Å². The standard InChI is InChI=1S/C22H17F3N8O2/c1-31-7-4-14(29-31)20-26-10-17(35-20)21(34)32-8-5-13-18(28-11-27-13)19(32)15-9-16-12(22(23,24)25)3-2-6-33(16)30-15/h2-4,6-7,9-11,19H,5,8H2,1H3,(H,27,28)/t19-/m1/s1. The average molecular weight is 482 g/mol. The molecule has 13 heteroatoms. The molecule has 0 aromatic carbocycles. The zero-order chi connectivity index (χ0) is 24.3. The first-order valence-electron chi connectivity index (χ1n) is 10.6. The zero-order valence-corrected chi connectivity index (χ0v) is 18.2. The normalized spacial score (nSPS) is 16.1. The number of hydrogen-bond acceptors (Lipinski definition) is 6. The SMILES string of the molecule is Cn1ccc(-c2ncc(C(=O)N3CCc4[nH]cnc4[C@H]3c3cc4c(C(F)(F)F)cccn4n3)o2)n1.